The molecule has 0 aliphatic heterocycles. The fourth-order valence-corrected chi connectivity index (χ4v) is 3.65. The van der Waals surface area contributed by atoms with Gasteiger partial charge in [-0.15, -0.1) is 0 Å². The summed E-state index contributed by atoms with van der Waals surface area (Å²) in [6, 6.07) is 27.5. The normalized spacial score (nSPS) is 11.0. The summed E-state index contributed by atoms with van der Waals surface area (Å²) in [5.74, 6) is -0.313. The highest BCUT2D eigenvalue weighted by Gasteiger charge is 2.18. The Balaban J connectivity index is 1.54. The van der Waals surface area contributed by atoms with Crippen LogP contribution in [-0.2, 0) is 0 Å². The van der Waals surface area contributed by atoms with Crippen LogP contribution in [-0.4, -0.2) is 35.0 Å². The number of hydrogen-bond donors (Lipinski definition) is 1. The first-order chi connectivity index (χ1) is 16.2. The first-order valence-electron chi connectivity index (χ1n) is 11.1. The summed E-state index contributed by atoms with van der Waals surface area (Å²) < 4.78 is 1.72. The number of nitrogens with one attached hydrogen (secondary N) is 1. The number of carbonyl (C=O) groups excluding carboxylic acids is 1. The van der Waals surface area contributed by atoms with Crippen LogP contribution in [0.15, 0.2) is 96.2 Å². The summed E-state index contributed by atoms with van der Waals surface area (Å²) in [7, 11) is 0. The molecule has 0 unspecified atom stereocenters. The standard InChI is InChI=1S/C27H27N5O/c1-3-31(4-2)23-17-15-21(16-18-23)19-28-29-27(33)25-20-32(24-13-9-6-10-14-24)30-26(25)22-11-7-5-8-12-22/h5-20H,3-4H2,1-2H3,(H,29,33)/b28-19+. The van der Waals surface area contributed by atoms with E-state index in [9.17, 15) is 4.79 Å². The highest BCUT2D eigenvalue weighted by molar-refractivity contribution is 6.00. The zero-order valence-corrected chi connectivity index (χ0v) is 18.8. The van der Waals surface area contributed by atoms with E-state index in [-0.39, 0.29) is 5.91 Å². The zero-order chi connectivity index (χ0) is 23.0. The Kier molecular flexibility index (Phi) is 6.95. The Morgan fingerprint density at radius 1 is 0.939 bits per heavy atom. The Morgan fingerprint density at radius 3 is 2.21 bits per heavy atom. The van der Waals surface area contributed by atoms with Gasteiger partial charge in [0.15, 0.2) is 0 Å². The van der Waals surface area contributed by atoms with Crippen LogP contribution in [0.2, 0.25) is 0 Å². The van der Waals surface area contributed by atoms with Gasteiger partial charge in [-0.05, 0) is 43.7 Å². The second kappa shape index (κ2) is 10.4. The molecule has 0 saturated carbocycles. The fraction of sp³-hybridized carbons (Fsp3) is 0.148. The molecule has 0 spiro atoms. The average molecular weight is 438 g/mol. The summed E-state index contributed by atoms with van der Waals surface area (Å²) in [4.78, 5) is 15.3. The van der Waals surface area contributed by atoms with Crippen molar-refractivity contribution in [3.63, 3.8) is 0 Å². The van der Waals surface area contributed by atoms with Crippen LogP contribution in [0.25, 0.3) is 16.9 Å². The van der Waals surface area contributed by atoms with Crippen LogP contribution in [0.1, 0.15) is 29.8 Å². The lowest BCUT2D eigenvalue weighted by Gasteiger charge is -2.20. The van der Waals surface area contributed by atoms with Gasteiger partial charge in [-0.25, -0.2) is 10.1 Å². The van der Waals surface area contributed by atoms with E-state index in [2.05, 4.69) is 46.5 Å². The molecule has 0 saturated heterocycles. The summed E-state index contributed by atoms with van der Waals surface area (Å²) in [5.41, 5.74) is 7.54. The number of hydrogen-bond acceptors (Lipinski definition) is 4. The van der Waals surface area contributed by atoms with Gasteiger partial charge in [0.2, 0.25) is 0 Å². The van der Waals surface area contributed by atoms with Gasteiger partial charge in [0, 0.05) is 30.5 Å². The van der Waals surface area contributed by atoms with Crippen LogP contribution in [0, 0.1) is 0 Å². The van der Waals surface area contributed by atoms with E-state index in [4.69, 9.17) is 0 Å². The number of amides is 1. The molecular weight excluding hydrogens is 410 g/mol. The molecule has 33 heavy (non-hydrogen) atoms. The van der Waals surface area contributed by atoms with Crippen molar-refractivity contribution in [2.75, 3.05) is 18.0 Å². The molecule has 1 heterocycles. The third-order valence-electron chi connectivity index (χ3n) is 5.43. The number of anilines is 1. The summed E-state index contributed by atoms with van der Waals surface area (Å²) in [6.45, 7) is 6.19. The van der Waals surface area contributed by atoms with Gasteiger partial charge < -0.3 is 4.90 Å². The van der Waals surface area contributed by atoms with Gasteiger partial charge in [0.05, 0.1) is 17.5 Å². The highest BCUT2D eigenvalue weighted by atomic mass is 16.2. The fourth-order valence-electron chi connectivity index (χ4n) is 3.65. The third kappa shape index (κ3) is 5.18. The van der Waals surface area contributed by atoms with Crippen LogP contribution < -0.4 is 10.3 Å². The van der Waals surface area contributed by atoms with E-state index >= 15 is 0 Å². The maximum atomic E-state index is 13.0. The number of hydrazone groups is 1. The van der Waals surface area contributed by atoms with Gasteiger partial charge in [-0.3, -0.25) is 4.79 Å². The number of benzene rings is 3. The van der Waals surface area contributed by atoms with Crippen molar-refractivity contribution in [3.8, 4) is 16.9 Å². The van der Waals surface area contributed by atoms with E-state index < -0.39 is 0 Å². The number of rotatable bonds is 8. The molecule has 0 aliphatic carbocycles. The molecular formula is C27H27N5O. The van der Waals surface area contributed by atoms with Crippen molar-refractivity contribution in [1.29, 1.82) is 0 Å². The lowest BCUT2D eigenvalue weighted by Crippen LogP contribution is -2.21. The molecule has 1 aromatic heterocycles. The first kappa shape index (κ1) is 22.0. The molecule has 0 aliphatic rings. The Labute approximate surface area is 194 Å². The number of aromatic nitrogens is 2. The largest absolute Gasteiger partial charge is 0.372 e. The number of nitrogens with zero attached hydrogens (tertiary/aromatic N) is 4. The van der Waals surface area contributed by atoms with E-state index in [1.165, 1.54) is 5.69 Å². The van der Waals surface area contributed by atoms with Crippen molar-refractivity contribution >= 4 is 17.8 Å². The maximum Gasteiger partial charge on any atom is 0.275 e. The number of carbonyl (C=O) groups is 1. The van der Waals surface area contributed by atoms with Gasteiger partial charge >= 0.3 is 0 Å². The van der Waals surface area contributed by atoms with Crippen LogP contribution >= 0.6 is 0 Å². The van der Waals surface area contributed by atoms with Gasteiger partial charge in [0.25, 0.3) is 5.91 Å². The molecule has 3 aromatic carbocycles. The van der Waals surface area contributed by atoms with E-state index in [0.29, 0.717) is 11.3 Å². The highest BCUT2D eigenvalue weighted by Crippen LogP contribution is 2.23. The quantitative estimate of drug-likeness (QED) is 0.306. The molecule has 4 aromatic rings. The van der Waals surface area contributed by atoms with Crippen molar-refractivity contribution in [3.05, 3.63) is 102 Å². The van der Waals surface area contributed by atoms with Crippen molar-refractivity contribution in [2.45, 2.75) is 13.8 Å². The molecule has 4 rings (SSSR count). The van der Waals surface area contributed by atoms with Gasteiger partial charge in [-0.1, -0.05) is 60.7 Å². The van der Waals surface area contributed by atoms with Crippen LogP contribution in [0.3, 0.4) is 0 Å². The molecule has 0 fully saturated rings. The summed E-state index contributed by atoms with van der Waals surface area (Å²) in [6.07, 6.45) is 3.38. The van der Waals surface area contributed by atoms with E-state index in [1.54, 1.807) is 17.1 Å². The monoisotopic (exact) mass is 437 g/mol. The molecule has 0 bridgehead atoms. The maximum absolute atomic E-state index is 13.0. The van der Waals surface area contributed by atoms with Crippen molar-refractivity contribution in [2.24, 2.45) is 5.10 Å². The minimum atomic E-state index is -0.313. The topological polar surface area (TPSA) is 62.5 Å². The van der Waals surface area contributed by atoms with Gasteiger partial charge in [0.1, 0.15) is 5.69 Å². The molecule has 1 amide bonds. The zero-order valence-electron chi connectivity index (χ0n) is 18.8. The van der Waals surface area contributed by atoms with E-state index in [1.807, 2.05) is 72.8 Å². The molecule has 1 N–H and O–H groups in total. The Bertz CT molecular complexity index is 1210. The Morgan fingerprint density at radius 2 is 1.58 bits per heavy atom. The SMILES string of the molecule is CCN(CC)c1ccc(/C=N/NC(=O)c2cn(-c3ccccc3)nc2-c2ccccc2)cc1. The lowest BCUT2D eigenvalue weighted by atomic mass is 10.1. The molecule has 6 heteroatoms. The van der Waals surface area contributed by atoms with Crippen LogP contribution in [0.4, 0.5) is 5.69 Å². The second-order valence-corrected chi connectivity index (χ2v) is 7.50. The van der Waals surface area contributed by atoms with E-state index in [0.717, 1.165) is 29.9 Å². The molecule has 6 nitrogen and oxygen atoms in total. The smallest absolute Gasteiger partial charge is 0.275 e. The third-order valence-corrected chi connectivity index (χ3v) is 5.43. The second-order valence-electron chi connectivity index (χ2n) is 7.50. The predicted molar refractivity (Wildman–Crippen MR) is 134 cm³/mol. The summed E-state index contributed by atoms with van der Waals surface area (Å²) >= 11 is 0. The molecule has 0 atom stereocenters. The summed E-state index contributed by atoms with van der Waals surface area (Å²) in [5, 5.41) is 8.85. The average Bonchev–Trinajstić information content (AvgIpc) is 3.33. The van der Waals surface area contributed by atoms with Crippen molar-refractivity contribution in [1.82, 2.24) is 15.2 Å². The first-order valence-corrected chi connectivity index (χ1v) is 11.1. The van der Waals surface area contributed by atoms with Crippen LogP contribution in [0.5, 0.6) is 0 Å². The number of para-hydroxylation sites is 1. The Hall–Kier alpha value is -4.19. The minimum absolute atomic E-state index is 0.313. The predicted octanol–water partition coefficient (Wildman–Crippen LogP) is 5.15. The van der Waals surface area contributed by atoms with Crippen molar-refractivity contribution < 1.29 is 4.79 Å². The minimum Gasteiger partial charge on any atom is -0.372 e. The van der Waals surface area contributed by atoms with Gasteiger partial charge in [-0.2, -0.15) is 10.2 Å². The molecule has 166 valence electrons. The lowest BCUT2D eigenvalue weighted by molar-refractivity contribution is 0.0955. The molecule has 0 radical (unpaired) electrons.